The molecule has 1 aromatic carbocycles. The normalized spacial score (nSPS) is 35.1. The average molecular weight is 311 g/mol. The fraction of sp³-hybridized carbons (Fsp3) is 0.600. The molecular formula is C15H19BrO2. The van der Waals surface area contributed by atoms with Crippen molar-refractivity contribution in [3.05, 3.63) is 34.3 Å². The maximum Gasteiger partial charge on any atom is 0.157 e. The molecule has 0 saturated heterocycles. The van der Waals surface area contributed by atoms with Gasteiger partial charge in [0.2, 0.25) is 0 Å². The molecule has 0 radical (unpaired) electrons. The first-order valence-electron chi connectivity index (χ1n) is 6.69. The van der Waals surface area contributed by atoms with Gasteiger partial charge in [-0.2, -0.15) is 0 Å². The number of hydrogen-bond donors (Lipinski definition) is 2. The van der Waals surface area contributed by atoms with Gasteiger partial charge < -0.3 is 10.2 Å². The summed E-state index contributed by atoms with van der Waals surface area (Å²) in [5.41, 5.74) is 1.48. The van der Waals surface area contributed by atoms with Crippen molar-refractivity contribution in [2.24, 2.45) is 5.41 Å². The summed E-state index contributed by atoms with van der Waals surface area (Å²) in [6.07, 6.45) is 4.94. The summed E-state index contributed by atoms with van der Waals surface area (Å²) < 4.78 is 1.14. The minimum atomic E-state index is -1.14. The Morgan fingerprint density at radius 1 is 1.00 bits per heavy atom. The van der Waals surface area contributed by atoms with Crippen LogP contribution in [-0.2, 0) is 5.41 Å². The zero-order valence-electron chi connectivity index (χ0n) is 10.4. The van der Waals surface area contributed by atoms with Crippen molar-refractivity contribution >= 4 is 15.9 Å². The topological polar surface area (TPSA) is 40.5 Å². The van der Waals surface area contributed by atoms with Crippen LogP contribution in [0.1, 0.15) is 44.1 Å². The highest BCUT2D eigenvalue weighted by Crippen LogP contribution is 2.58. The van der Waals surface area contributed by atoms with Gasteiger partial charge in [0.1, 0.15) is 0 Å². The fourth-order valence-corrected chi connectivity index (χ4v) is 4.25. The summed E-state index contributed by atoms with van der Waals surface area (Å²) in [7, 11) is 0. The first-order valence-corrected chi connectivity index (χ1v) is 7.48. The Balaban J connectivity index is 1.89. The molecule has 3 aliphatic rings. The number of aliphatic hydroxyl groups is 2. The SMILES string of the molecule is OC(O)C12CCC(c3cccc(Br)c3)(CC1)CC2. The number of rotatable bonds is 2. The summed E-state index contributed by atoms with van der Waals surface area (Å²) in [4.78, 5) is 0. The third-order valence-corrected chi connectivity index (χ3v) is 5.78. The smallest absolute Gasteiger partial charge is 0.157 e. The van der Waals surface area contributed by atoms with Gasteiger partial charge in [0.25, 0.3) is 0 Å². The molecule has 1 aromatic rings. The van der Waals surface area contributed by atoms with Crippen LogP contribution in [0.4, 0.5) is 0 Å². The van der Waals surface area contributed by atoms with Crippen LogP contribution < -0.4 is 0 Å². The van der Waals surface area contributed by atoms with Crippen LogP contribution in [0.25, 0.3) is 0 Å². The summed E-state index contributed by atoms with van der Waals surface area (Å²) in [5.74, 6) is 0. The van der Waals surface area contributed by atoms with Gasteiger partial charge in [-0.15, -0.1) is 0 Å². The molecule has 4 rings (SSSR count). The second kappa shape index (κ2) is 4.32. The maximum atomic E-state index is 9.60. The Morgan fingerprint density at radius 3 is 2.11 bits per heavy atom. The minimum Gasteiger partial charge on any atom is -0.368 e. The third kappa shape index (κ3) is 1.84. The Bertz CT molecular complexity index is 431. The molecule has 3 heteroatoms. The molecule has 3 aliphatic carbocycles. The molecular weight excluding hydrogens is 292 g/mol. The lowest BCUT2D eigenvalue weighted by Crippen LogP contribution is -2.49. The van der Waals surface area contributed by atoms with Gasteiger partial charge in [-0.1, -0.05) is 28.1 Å². The van der Waals surface area contributed by atoms with Crippen LogP contribution in [0, 0.1) is 5.41 Å². The van der Waals surface area contributed by atoms with Crippen molar-refractivity contribution in [3.8, 4) is 0 Å². The second-order valence-corrected chi connectivity index (χ2v) is 6.94. The molecule has 0 amide bonds. The molecule has 0 spiro atoms. The van der Waals surface area contributed by atoms with Gasteiger partial charge >= 0.3 is 0 Å². The van der Waals surface area contributed by atoms with E-state index in [9.17, 15) is 10.2 Å². The number of benzene rings is 1. The Hall–Kier alpha value is -0.380. The molecule has 98 valence electrons. The summed E-state index contributed by atoms with van der Waals surface area (Å²) >= 11 is 3.55. The highest BCUT2D eigenvalue weighted by Gasteiger charge is 2.52. The van der Waals surface area contributed by atoms with Crippen LogP contribution in [0.5, 0.6) is 0 Å². The van der Waals surface area contributed by atoms with Crippen molar-refractivity contribution in [1.29, 1.82) is 0 Å². The summed E-state index contributed by atoms with van der Waals surface area (Å²) in [6, 6.07) is 8.62. The molecule has 0 aliphatic heterocycles. The number of halogens is 1. The lowest BCUT2D eigenvalue weighted by Gasteiger charge is -2.54. The zero-order chi connectivity index (χ0) is 12.8. The van der Waals surface area contributed by atoms with Crippen molar-refractivity contribution in [1.82, 2.24) is 0 Å². The van der Waals surface area contributed by atoms with E-state index in [0.717, 1.165) is 43.0 Å². The van der Waals surface area contributed by atoms with E-state index >= 15 is 0 Å². The van der Waals surface area contributed by atoms with Crippen molar-refractivity contribution in [3.63, 3.8) is 0 Å². The lowest BCUT2D eigenvalue weighted by atomic mass is 9.51. The van der Waals surface area contributed by atoms with Gasteiger partial charge in [0.15, 0.2) is 6.29 Å². The van der Waals surface area contributed by atoms with Gasteiger partial charge in [-0.3, -0.25) is 0 Å². The predicted molar refractivity (Wildman–Crippen MR) is 74.2 cm³/mol. The van der Waals surface area contributed by atoms with Crippen LogP contribution in [-0.4, -0.2) is 16.5 Å². The lowest BCUT2D eigenvalue weighted by molar-refractivity contribution is -0.175. The molecule has 2 nitrogen and oxygen atoms in total. The van der Waals surface area contributed by atoms with Gasteiger partial charge in [-0.05, 0) is 61.6 Å². The van der Waals surface area contributed by atoms with Crippen molar-refractivity contribution in [2.75, 3.05) is 0 Å². The Morgan fingerprint density at radius 2 is 1.61 bits per heavy atom. The quantitative estimate of drug-likeness (QED) is 0.822. The monoisotopic (exact) mass is 310 g/mol. The van der Waals surface area contributed by atoms with E-state index < -0.39 is 6.29 Å². The molecule has 2 bridgehead atoms. The van der Waals surface area contributed by atoms with Gasteiger partial charge in [0.05, 0.1) is 0 Å². The summed E-state index contributed by atoms with van der Waals surface area (Å²) in [6.45, 7) is 0. The summed E-state index contributed by atoms with van der Waals surface area (Å²) in [5, 5.41) is 19.2. The highest BCUT2D eigenvalue weighted by molar-refractivity contribution is 9.10. The molecule has 0 unspecified atom stereocenters. The Kier molecular flexibility index (Phi) is 3.04. The molecule has 3 fully saturated rings. The fourth-order valence-electron chi connectivity index (χ4n) is 3.85. The zero-order valence-corrected chi connectivity index (χ0v) is 12.0. The first-order chi connectivity index (χ1) is 8.56. The van der Waals surface area contributed by atoms with E-state index in [-0.39, 0.29) is 10.8 Å². The number of aliphatic hydroxyl groups excluding tert-OH is 1. The van der Waals surface area contributed by atoms with Crippen molar-refractivity contribution in [2.45, 2.75) is 50.2 Å². The van der Waals surface area contributed by atoms with E-state index in [0.29, 0.717) is 0 Å². The number of hydrogen-bond acceptors (Lipinski definition) is 2. The van der Waals surface area contributed by atoms with Gasteiger partial charge in [-0.25, -0.2) is 0 Å². The average Bonchev–Trinajstić information content (AvgIpc) is 2.41. The largest absolute Gasteiger partial charge is 0.368 e. The van der Waals surface area contributed by atoms with E-state index in [1.54, 1.807) is 0 Å². The molecule has 0 heterocycles. The first kappa shape index (κ1) is 12.6. The van der Waals surface area contributed by atoms with E-state index in [2.05, 4.69) is 40.2 Å². The predicted octanol–water partition coefficient (Wildman–Crippen LogP) is 3.35. The van der Waals surface area contributed by atoms with E-state index in [1.165, 1.54) is 5.56 Å². The molecule has 18 heavy (non-hydrogen) atoms. The third-order valence-electron chi connectivity index (χ3n) is 5.29. The van der Waals surface area contributed by atoms with E-state index in [4.69, 9.17) is 0 Å². The molecule has 3 saturated carbocycles. The maximum absolute atomic E-state index is 9.60. The minimum absolute atomic E-state index is 0.215. The number of fused-ring (bicyclic) bond motifs is 3. The second-order valence-electron chi connectivity index (χ2n) is 6.03. The molecule has 2 N–H and O–H groups in total. The van der Waals surface area contributed by atoms with Crippen LogP contribution in [0.15, 0.2) is 28.7 Å². The molecule has 0 atom stereocenters. The standard InChI is InChI=1S/C15H19BrO2/c16-12-3-1-2-11(10-12)14-4-7-15(8-5-14,9-6-14)13(17)18/h1-3,10,13,17-18H,4-9H2. The van der Waals surface area contributed by atoms with Crippen molar-refractivity contribution < 1.29 is 10.2 Å². The van der Waals surface area contributed by atoms with Gasteiger partial charge in [0, 0.05) is 9.89 Å². The van der Waals surface area contributed by atoms with E-state index in [1.807, 2.05) is 0 Å². The van der Waals surface area contributed by atoms with Crippen LogP contribution in [0.2, 0.25) is 0 Å². The van der Waals surface area contributed by atoms with Crippen LogP contribution in [0.3, 0.4) is 0 Å². The Labute approximate surface area is 116 Å². The molecule has 0 aromatic heterocycles. The highest BCUT2D eigenvalue weighted by atomic mass is 79.9. The van der Waals surface area contributed by atoms with Crippen LogP contribution >= 0.6 is 15.9 Å².